The van der Waals surface area contributed by atoms with Crippen molar-refractivity contribution in [2.75, 3.05) is 52.4 Å². The molecule has 0 aliphatic carbocycles. The van der Waals surface area contributed by atoms with Crippen LogP contribution in [0.2, 0.25) is 0 Å². The summed E-state index contributed by atoms with van der Waals surface area (Å²) in [5.41, 5.74) is 1.70. The molecule has 3 aliphatic rings. The number of nitrogens with zero attached hydrogens (tertiary/aromatic N) is 3. The van der Waals surface area contributed by atoms with Crippen LogP contribution in [0.25, 0.3) is 0 Å². The van der Waals surface area contributed by atoms with E-state index in [9.17, 15) is 18.0 Å². The van der Waals surface area contributed by atoms with Gasteiger partial charge in [0.25, 0.3) is 5.91 Å². The predicted molar refractivity (Wildman–Crippen MR) is 158 cm³/mol. The second-order valence-electron chi connectivity index (χ2n) is 11.7. The molecule has 11 nitrogen and oxygen atoms in total. The second kappa shape index (κ2) is 14.9. The third-order valence-electron chi connectivity index (χ3n) is 8.68. The van der Waals surface area contributed by atoms with Gasteiger partial charge in [-0.25, -0.2) is 0 Å². The van der Waals surface area contributed by atoms with Crippen molar-refractivity contribution in [2.24, 2.45) is 0 Å². The standard InChI is InChI=1S/C31H42F3N5O6/c1-19-27(29(40)39-14-11-21(12-15-39)36-24-13-16-43-18-26(24)41-2)37-30(42-3)38-28(19)35-17-23-5-4-6-25(44-23)20-7-9-22(10-8-20)45-31(32,33)34/h7-10,21,23-26,36H,4-6,11-18H2,1-3H3,(H,35,37,38)/t23-,24-,25+,26+/m1/s1. The van der Waals surface area contributed by atoms with E-state index in [2.05, 4.69) is 25.3 Å². The largest absolute Gasteiger partial charge is 0.573 e. The number of ether oxygens (including phenoxy) is 5. The van der Waals surface area contributed by atoms with Gasteiger partial charge in [0.1, 0.15) is 17.3 Å². The van der Waals surface area contributed by atoms with Crippen LogP contribution in [0.1, 0.15) is 66.2 Å². The number of rotatable bonds is 10. The fraction of sp³-hybridized carbons (Fsp3) is 0.645. The molecule has 0 unspecified atom stereocenters. The van der Waals surface area contributed by atoms with Crippen molar-refractivity contribution < 1.29 is 41.7 Å². The molecule has 45 heavy (non-hydrogen) atoms. The van der Waals surface area contributed by atoms with E-state index in [0.29, 0.717) is 56.0 Å². The fourth-order valence-electron chi connectivity index (χ4n) is 6.19. The molecule has 0 saturated carbocycles. The van der Waals surface area contributed by atoms with Crippen molar-refractivity contribution in [3.63, 3.8) is 0 Å². The maximum absolute atomic E-state index is 13.6. The lowest BCUT2D eigenvalue weighted by Crippen LogP contribution is -2.54. The normalized spacial score (nSPS) is 24.7. The zero-order valence-electron chi connectivity index (χ0n) is 25.9. The fourth-order valence-corrected chi connectivity index (χ4v) is 6.19. The number of piperidine rings is 1. The Morgan fingerprint density at radius 2 is 1.82 bits per heavy atom. The van der Waals surface area contributed by atoms with Gasteiger partial charge in [-0.2, -0.15) is 9.97 Å². The van der Waals surface area contributed by atoms with E-state index >= 15 is 0 Å². The number of carbonyl (C=O) groups excluding carboxylic acids is 1. The van der Waals surface area contributed by atoms with Crippen LogP contribution >= 0.6 is 0 Å². The lowest BCUT2D eigenvalue weighted by atomic mass is 9.98. The Hall–Kier alpha value is -3.20. The minimum atomic E-state index is -4.74. The number of hydrogen-bond donors (Lipinski definition) is 2. The number of alkyl halides is 3. The Bertz CT molecular complexity index is 1280. The number of likely N-dealkylation sites (tertiary alicyclic amines) is 1. The SMILES string of the molecule is COc1nc(NC[C@H]2CCC[C@@H](c3ccc(OC(F)(F)F)cc3)O2)c(C)c(C(=O)N2CCC(N[C@@H]3CCOC[C@@H]3OC)CC2)n1. The molecule has 4 heterocycles. The number of benzene rings is 1. The van der Waals surface area contributed by atoms with Crippen molar-refractivity contribution in [2.45, 2.75) is 82.2 Å². The lowest BCUT2D eigenvalue weighted by Gasteiger charge is -2.38. The highest BCUT2D eigenvalue weighted by Crippen LogP contribution is 2.33. The Kier molecular flexibility index (Phi) is 11.0. The molecule has 3 fully saturated rings. The van der Waals surface area contributed by atoms with E-state index in [1.54, 1.807) is 19.2 Å². The molecule has 5 rings (SSSR count). The van der Waals surface area contributed by atoms with Gasteiger partial charge in [-0.05, 0) is 63.1 Å². The van der Waals surface area contributed by atoms with Gasteiger partial charge in [0.2, 0.25) is 0 Å². The Labute approximate surface area is 261 Å². The summed E-state index contributed by atoms with van der Waals surface area (Å²) in [6.45, 7) is 4.74. The smallest absolute Gasteiger partial charge is 0.467 e. The van der Waals surface area contributed by atoms with Gasteiger partial charge < -0.3 is 39.2 Å². The molecule has 1 aromatic carbocycles. The lowest BCUT2D eigenvalue weighted by molar-refractivity contribution is -0.274. The van der Waals surface area contributed by atoms with E-state index in [1.165, 1.54) is 19.2 Å². The van der Waals surface area contributed by atoms with E-state index in [-0.39, 0.29) is 42.0 Å². The van der Waals surface area contributed by atoms with Crippen molar-refractivity contribution in [1.82, 2.24) is 20.2 Å². The summed E-state index contributed by atoms with van der Waals surface area (Å²) in [6.07, 6.45) is -0.154. The van der Waals surface area contributed by atoms with E-state index in [0.717, 1.165) is 44.1 Å². The van der Waals surface area contributed by atoms with Crippen molar-refractivity contribution in [3.8, 4) is 11.8 Å². The van der Waals surface area contributed by atoms with Crippen LogP contribution < -0.4 is 20.1 Å². The summed E-state index contributed by atoms with van der Waals surface area (Å²) < 4.78 is 64.3. The van der Waals surface area contributed by atoms with E-state index < -0.39 is 6.36 Å². The highest BCUT2D eigenvalue weighted by Gasteiger charge is 2.33. The molecule has 14 heteroatoms. The summed E-state index contributed by atoms with van der Waals surface area (Å²) in [6, 6.07) is 6.41. The average molecular weight is 638 g/mol. The summed E-state index contributed by atoms with van der Waals surface area (Å²) in [5, 5.41) is 7.03. The van der Waals surface area contributed by atoms with Gasteiger partial charge in [0.05, 0.1) is 32.0 Å². The molecule has 2 N–H and O–H groups in total. The van der Waals surface area contributed by atoms with Crippen molar-refractivity contribution in [1.29, 1.82) is 0 Å². The monoisotopic (exact) mass is 637 g/mol. The van der Waals surface area contributed by atoms with Crippen molar-refractivity contribution in [3.05, 3.63) is 41.1 Å². The van der Waals surface area contributed by atoms with Crippen LogP contribution in [0.5, 0.6) is 11.8 Å². The first-order chi connectivity index (χ1) is 21.6. The molecule has 1 amide bonds. The molecule has 4 atom stereocenters. The zero-order chi connectivity index (χ0) is 32.0. The van der Waals surface area contributed by atoms with E-state index in [1.807, 2.05) is 11.8 Å². The molecule has 1 aromatic heterocycles. The Balaban J connectivity index is 1.17. The van der Waals surface area contributed by atoms with Gasteiger partial charge in [-0.1, -0.05) is 12.1 Å². The first kappa shape index (κ1) is 33.2. The number of anilines is 1. The molecule has 3 saturated heterocycles. The van der Waals surface area contributed by atoms with Crippen LogP contribution in [0, 0.1) is 6.92 Å². The Morgan fingerprint density at radius 1 is 1.07 bits per heavy atom. The van der Waals surface area contributed by atoms with Gasteiger partial charge >= 0.3 is 12.4 Å². The highest BCUT2D eigenvalue weighted by atomic mass is 19.4. The second-order valence-corrected chi connectivity index (χ2v) is 11.7. The maximum Gasteiger partial charge on any atom is 0.573 e. The zero-order valence-corrected chi connectivity index (χ0v) is 25.9. The first-order valence-electron chi connectivity index (χ1n) is 15.5. The molecule has 248 valence electrons. The van der Waals surface area contributed by atoms with E-state index in [4.69, 9.17) is 18.9 Å². The van der Waals surface area contributed by atoms with Crippen LogP contribution in [0.15, 0.2) is 24.3 Å². The summed E-state index contributed by atoms with van der Waals surface area (Å²) in [5.74, 6) is 0.0590. The molecule has 0 spiro atoms. The predicted octanol–water partition coefficient (Wildman–Crippen LogP) is 4.41. The van der Waals surface area contributed by atoms with Crippen LogP contribution in [-0.4, -0.2) is 98.5 Å². The summed E-state index contributed by atoms with van der Waals surface area (Å²) in [7, 11) is 3.17. The van der Waals surface area contributed by atoms with Gasteiger partial charge in [-0.3, -0.25) is 4.79 Å². The average Bonchev–Trinajstić information content (AvgIpc) is 3.04. The third kappa shape index (κ3) is 8.75. The van der Waals surface area contributed by atoms with Crippen LogP contribution in [-0.2, 0) is 14.2 Å². The Morgan fingerprint density at radius 3 is 2.51 bits per heavy atom. The number of nitrogens with one attached hydrogen (secondary N) is 2. The number of carbonyl (C=O) groups is 1. The minimum absolute atomic E-state index is 0.0265. The quantitative estimate of drug-likeness (QED) is 0.388. The number of amides is 1. The molecule has 0 bridgehead atoms. The van der Waals surface area contributed by atoms with Crippen LogP contribution in [0.3, 0.4) is 0 Å². The third-order valence-corrected chi connectivity index (χ3v) is 8.68. The van der Waals surface area contributed by atoms with Crippen molar-refractivity contribution >= 4 is 11.7 Å². The maximum atomic E-state index is 13.6. The van der Waals surface area contributed by atoms with Gasteiger partial charge in [0, 0.05) is 51.0 Å². The summed E-state index contributed by atoms with van der Waals surface area (Å²) >= 11 is 0. The topological polar surface area (TPSA) is 116 Å². The minimum Gasteiger partial charge on any atom is -0.467 e. The number of hydrogen-bond acceptors (Lipinski definition) is 10. The van der Waals surface area contributed by atoms with Gasteiger partial charge in [-0.15, -0.1) is 13.2 Å². The first-order valence-corrected chi connectivity index (χ1v) is 15.5. The molecular weight excluding hydrogens is 595 g/mol. The number of halogens is 3. The highest BCUT2D eigenvalue weighted by molar-refractivity contribution is 5.95. The number of methoxy groups -OCH3 is 2. The molecule has 3 aliphatic heterocycles. The molecule has 2 aromatic rings. The van der Waals surface area contributed by atoms with Crippen LogP contribution in [0.4, 0.5) is 19.0 Å². The summed E-state index contributed by atoms with van der Waals surface area (Å²) in [4.78, 5) is 24.3. The van der Waals surface area contributed by atoms with Gasteiger partial charge in [0.15, 0.2) is 0 Å². The number of aromatic nitrogens is 2. The molecule has 0 radical (unpaired) electrons. The molecular formula is C31H42F3N5O6.